The smallest absolute Gasteiger partial charge is 0.387 e. The van der Waals surface area contributed by atoms with Crippen molar-refractivity contribution in [2.45, 2.75) is 20.1 Å². The van der Waals surface area contributed by atoms with Gasteiger partial charge in [-0.25, -0.2) is 0 Å². The molecule has 7 heteroatoms. The summed E-state index contributed by atoms with van der Waals surface area (Å²) in [6.07, 6.45) is 1.73. The van der Waals surface area contributed by atoms with Crippen molar-refractivity contribution in [3.05, 3.63) is 35.7 Å². The van der Waals surface area contributed by atoms with Gasteiger partial charge >= 0.3 is 6.61 Å². The first kappa shape index (κ1) is 15.1. The highest BCUT2D eigenvalue weighted by molar-refractivity contribution is 5.60. The summed E-state index contributed by atoms with van der Waals surface area (Å²) >= 11 is 0. The van der Waals surface area contributed by atoms with Gasteiger partial charge in [0.1, 0.15) is 11.5 Å². The van der Waals surface area contributed by atoms with Crippen molar-refractivity contribution in [3.63, 3.8) is 0 Å². The number of nitrogens with one attached hydrogen (secondary N) is 1. The van der Waals surface area contributed by atoms with Crippen molar-refractivity contribution in [1.29, 1.82) is 0 Å². The molecule has 1 aromatic carbocycles. The quantitative estimate of drug-likeness (QED) is 0.890. The zero-order chi connectivity index (χ0) is 15.4. The van der Waals surface area contributed by atoms with Gasteiger partial charge in [0.2, 0.25) is 0 Å². The molecule has 1 aromatic heterocycles. The molecule has 0 aliphatic rings. The predicted octanol–water partition coefficient (Wildman–Crippen LogP) is 2.95. The first-order chi connectivity index (χ1) is 10.0. The summed E-state index contributed by atoms with van der Waals surface area (Å²) in [7, 11) is 3.35. The molecular weight excluding hydrogens is 280 g/mol. The fraction of sp³-hybridized carbons (Fsp3) is 0.357. The molecule has 0 bridgehead atoms. The van der Waals surface area contributed by atoms with E-state index in [9.17, 15) is 8.78 Å². The fourth-order valence-corrected chi connectivity index (χ4v) is 1.88. The van der Waals surface area contributed by atoms with Gasteiger partial charge in [-0.1, -0.05) is 0 Å². The van der Waals surface area contributed by atoms with Crippen molar-refractivity contribution < 1.29 is 18.3 Å². The Bertz CT molecular complexity index is 614. The van der Waals surface area contributed by atoms with Gasteiger partial charge in [0.05, 0.1) is 19.0 Å². The van der Waals surface area contributed by atoms with E-state index in [1.165, 1.54) is 13.2 Å². The van der Waals surface area contributed by atoms with Crippen molar-refractivity contribution >= 4 is 5.69 Å². The normalized spacial score (nSPS) is 10.8. The Morgan fingerprint density at radius 3 is 2.71 bits per heavy atom. The third-order valence-corrected chi connectivity index (χ3v) is 3.21. The first-order valence-corrected chi connectivity index (χ1v) is 6.35. The SMILES string of the molecule is COc1ccc(OC(F)F)c(NCc2cnn(C)c2C)c1. The highest BCUT2D eigenvalue weighted by atomic mass is 19.3. The fourth-order valence-electron chi connectivity index (χ4n) is 1.88. The molecule has 0 spiro atoms. The number of rotatable bonds is 6. The summed E-state index contributed by atoms with van der Waals surface area (Å²) in [6, 6.07) is 4.63. The minimum atomic E-state index is -2.88. The Morgan fingerprint density at radius 2 is 2.14 bits per heavy atom. The second kappa shape index (κ2) is 6.43. The van der Waals surface area contributed by atoms with Crippen molar-refractivity contribution in [2.24, 2.45) is 7.05 Å². The molecule has 0 fully saturated rings. The van der Waals surface area contributed by atoms with E-state index in [0.717, 1.165) is 11.3 Å². The van der Waals surface area contributed by atoms with Gasteiger partial charge in [0, 0.05) is 30.9 Å². The van der Waals surface area contributed by atoms with Crippen LogP contribution in [-0.4, -0.2) is 23.5 Å². The molecule has 5 nitrogen and oxygen atoms in total. The van der Waals surface area contributed by atoms with Gasteiger partial charge < -0.3 is 14.8 Å². The number of hydrogen-bond acceptors (Lipinski definition) is 4. The van der Waals surface area contributed by atoms with Crippen LogP contribution < -0.4 is 14.8 Å². The molecule has 21 heavy (non-hydrogen) atoms. The van der Waals surface area contributed by atoms with Gasteiger partial charge in [0.25, 0.3) is 0 Å². The number of aryl methyl sites for hydroxylation is 1. The molecule has 0 aliphatic carbocycles. The summed E-state index contributed by atoms with van der Waals surface area (Å²) in [6.45, 7) is -0.488. The molecule has 0 saturated carbocycles. The first-order valence-electron chi connectivity index (χ1n) is 6.35. The average Bonchev–Trinajstić information content (AvgIpc) is 2.77. The van der Waals surface area contributed by atoms with Crippen LogP contribution in [-0.2, 0) is 13.6 Å². The number of aromatic nitrogens is 2. The summed E-state index contributed by atoms with van der Waals surface area (Å²) in [5, 5.41) is 7.21. The highest BCUT2D eigenvalue weighted by Gasteiger charge is 2.12. The Kier molecular flexibility index (Phi) is 4.62. The molecule has 0 saturated heterocycles. The molecule has 0 atom stereocenters. The number of alkyl halides is 2. The van der Waals surface area contributed by atoms with Crippen LogP contribution in [0.1, 0.15) is 11.3 Å². The molecule has 2 rings (SSSR count). The number of nitrogens with zero attached hydrogens (tertiary/aromatic N) is 2. The Balaban J connectivity index is 2.18. The molecule has 1 heterocycles. The summed E-state index contributed by atoms with van der Waals surface area (Å²) in [5.41, 5.74) is 2.42. The number of ether oxygens (including phenoxy) is 2. The lowest BCUT2D eigenvalue weighted by atomic mass is 10.2. The van der Waals surface area contributed by atoms with E-state index >= 15 is 0 Å². The monoisotopic (exact) mass is 297 g/mol. The van der Waals surface area contributed by atoms with Crippen LogP contribution >= 0.6 is 0 Å². The van der Waals surface area contributed by atoms with E-state index in [1.807, 2.05) is 14.0 Å². The van der Waals surface area contributed by atoms with E-state index in [2.05, 4.69) is 15.2 Å². The van der Waals surface area contributed by atoms with Crippen LogP contribution in [0.15, 0.2) is 24.4 Å². The average molecular weight is 297 g/mol. The van der Waals surface area contributed by atoms with E-state index in [-0.39, 0.29) is 5.75 Å². The van der Waals surface area contributed by atoms with Crippen molar-refractivity contribution in [2.75, 3.05) is 12.4 Å². The summed E-state index contributed by atoms with van der Waals surface area (Å²) in [4.78, 5) is 0. The molecule has 0 aliphatic heterocycles. The summed E-state index contributed by atoms with van der Waals surface area (Å²) in [5.74, 6) is 0.634. The van der Waals surface area contributed by atoms with Crippen LogP contribution in [0, 0.1) is 6.92 Å². The van der Waals surface area contributed by atoms with Gasteiger partial charge in [-0.2, -0.15) is 13.9 Å². The number of halogens is 2. The molecule has 0 amide bonds. The lowest BCUT2D eigenvalue weighted by Gasteiger charge is -2.14. The largest absolute Gasteiger partial charge is 0.497 e. The van der Waals surface area contributed by atoms with Crippen molar-refractivity contribution in [1.82, 2.24) is 9.78 Å². The molecule has 2 aromatic rings. The standard InChI is InChI=1S/C14H17F2N3O2/c1-9-10(8-18-19(9)2)7-17-12-6-11(20-3)4-5-13(12)21-14(15)16/h4-6,8,14,17H,7H2,1-3H3. The molecule has 1 N–H and O–H groups in total. The zero-order valence-electron chi connectivity index (χ0n) is 12.1. The lowest BCUT2D eigenvalue weighted by Crippen LogP contribution is -2.07. The molecular formula is C14H17F2N3O2. The third-order valence-electron chi connectivity index (χ3n) is 3.21. The lowest BCUT2D eigenvalue weighted by molar-refractivity contribution is -0.0494. The Morgan fingerprint density at radius 1 is 1.38 bits per heavy atom. The second-order valence-corrected chi connectivity index (χ2v) is 4.47. The number of methoxy groups -OCH3 is 1. The summed E-state index contributed by atoms with van der Waals surface area (Å²) < 4.78 is 36.2. The number of hydrogen-bond donors (Lipinski definition) is 1. The van der Waals surface area contributed by atoms with Crippen LogP contribution in [0.5, 0.6) is 11.5 Å². The van der Waals surface area contributed by atoms with E-state index in [0.29, 0.717) is 18.0 Å². The van der Waals surface area contributed by atoms with Gasteiger partial charge in [-0.3, -0.25) is 4.68 Å². The minimum absolute atomic E-state index is 0.0762. The van der Waals surface area contributed by atoms with Crippen LogP contribution in [0.25, 0.3) is 0 Å². The topological polar surface area (TPSA) is 48.3 Å². The van der Waals surface area contributed by atoms with Crippen LogP contribution in [0.4, 0.5) is 14.5 Å². The Labute approximate surface area is 121 Å². The number of benzene rings is 1. The third kappa shape index (κ3) is 3.62. The molecule has 114 valence electrons. The molecule has 0 radical (unpaired) electrons. The maximum atomic E-state index is 12.4. The highest BCUT2D eigenvalue weighted by Crippen LogP contribution is 2.31. The Hall–Kier alpha value is -2.31. The van der Waals surface area contributed by atoms with E-state index < -0.39 is 6.61 Å². The van der Waals surface area contributed by atoms with Gasteiger partial charge in [0.15, 0.2) is 0 Å². The second-order valence-electron chi connectivity index (χ2n) is 4.47. The van der Waals surface area contributed by atoms with Crippen LogP contribution in [0.2, 0.25) is 0 Å². The maximum Gasteiger partial charge on any atom is 0.387 e. The van der Waals surface area contributed by atoms with E-state index in [4.69, 9.17) is 4.74 Å². The van der Waals surface area contributed by atoms with E-state index in [1.54, 1.807) is 23.0 Å². The maximum absolute atomic E-state index is 12.4. The molecule has 0 unspecified atom stereocenters. The number of anilines is 1. The van der Waals surface area contributed by atoms with Crippen LogP contribution in [0.3, 0.4) is 0 Å². The minimum Gasteiger partial charge on any atom is -0.497 e. The predicted molar refractivity (Wildman–Crippen MR) is 74.9 cm³/mol. The van der Waals surface area contributed by atoms with Gasteiger partial charge in [-0.15, -0.1) is 0 Å². The van der Waals surface area contributed by atoms with Crippen molar-refractivity contribution in [3.8, 4) is 11.5 Å². The zero-order valence-corrected chi connectivity index (χ0v) is 12.1. The van der Waals surface area contributed by atoms with Gasteiger partial charge in [-0.05, 0) is 19.1 Å².